The van der Waals surface area contributed by atoms with Crippen LogP contribution in [0.5, 0.6) is 5.75 Å². The van der Waals surface area contributed by atoms with Gasteiger partial charge in [0.2, 0.25) is 0 Å². The van der Waals surface area contributed by atoms with Gasteiger partial charge in [0.05, 0.1) is 7.11 Å². The number of hydrogen-bond acceptors (Lipinski definition) is 5. The first-order chi connectivity index (χ1) is 14.3. The molecule has 0 spiro atoms. The van der Waals surface area contributed by atoms with Gasteiger partial charge in [0.15, 0.2) is 11.6 Å². The van der Waals surface area contributed by atoms with E-state index in [-0.39, 0.29) is 0 Å². The molecular weight excluding hydrogens is 366 g/mol. The third-order valence-corrected chi connectivity index (χ3v) is 5.23. The van der Waals surface area contributed by atoms with Gasteiger partial charge in [-0.2, -0.15) is 0 Å². The molecule has 8 nitrogen and oxygen atoms in total. The zero-order chi connectivity index (χ0) is 20.1. The molecule has 1 aliphatic rings. The SMILES string of the molecule is CN=C(NCCc1nnc2ccccn12)N1CCN(c2cccc(OC)c2)CC1. The number of pyridine rings is 1. The van der Waals surface area contributed by atoms with Gasteiger partial charge in [0.25, 0.3) is 0 Å². The number of piperazine rings is 1. The Labute approximate surface area is 170 Å². The Hall–Kier alpha value is -3.29. The van der Waals surface area contributed by atoms with Crippen molar-refractivity contribution < 1.29 is 4.74 Å². The van der Waals surface area contributed by atoms with Crippen LogP contribution in [0.2, 0.25) is 0 Å². The molecule has 1 aromatic carbocycles. The molecule has 0 amide bonds. The van der Waals surface area contributed by atoms with Crippen molar-refractivity contribution in [1.29, 1.82) is 0 Å². The van der Waals surface area contributed by atoms with Crippen molar-refractivity contribution >= 4 is 17.3 Å². The van der Waals surface area contributed by atoms with E-state index >= 15 is 0 Å². The molecule has 0 unspecified atom stereocenters. The summed E-state index contributed by atoms with van der Waals surface area (Å²) in [5, 5.41) is 12.0. The molecule has 0 aliphatic carbocycles. The fourth-order valence-electron chi connectivity index (χ4n) is 3.66. The second-order valence-corrected chi connectivity index (χ2v) is 6.94. The van der Waals surface area contributed by atoms with Crippen LogP contribution in [0.4, 0.5) is 5.69 Å². The Morgan fingerprint density at radius 1 is 1.10 bits per heavy atom. The minimum Gasteiger partial charge on any atom is -0.497 e. The van der Waals surface area contributed by atoms with E-state index in [1.54, 1.807) is 7.11 Å². The number of hydrogen-bond donors (Lipinski definition) is 1. The lowest BCUT2D eigenvalue weighted by Crippen LogP contribution is -2.52. The number of aromatic nitrogens is 3. The van der Waals surface area contributed by atoms with E-state index < -0.39 is 0 Å². The van der Waals surface area contributed by atoms with E-state index in [2.05, 4.69) is 42.4 Å². The number of benzene rings is 1. The molecule has 1 N–H and O–H groups in total. The molecule has 0 atom stereocenters. The summed E-state index contributed by atoms with van der Waals surface area (Å²) in [6.45, 7) is 4.50. The van der Waals surface area contributed by atoms with Crippen LogP contribution in [-0.2, 0) is 6.42 Å². The smallest absolute Gasteiger partial charge is 0.193 e. The molecule has 0 bridgehead atoms. The number of anilines is 1. The predicted molar refractivity (Wildman–Crippen MR) is 115 cm³/mol. The van der Waals surface area contributed by atoms with Gasteiger partial charge in [-0.15, -0.1) is 10.2 Å². The summed E-state index contributed by atoms with van der Waals surface area (Å²) in [6, 6.07) is 14.2. The summed E-state index contributed by atoms with van der Waals surface area (Å²) in [7, 11) is 3.54. The van der Waals surface area contributed by atoms with Crippen LogP contribution in [-0.4, -0.2) is 72.3 Å². The summed E-state index contributed by atoms with van der Waals surface area (Å²) in [6.07, 6.45) is 2.78. The minimum absolute atomic E-state index is 0.762. The molecular formula is C21H27N7O. The van der Waals surface area contributed by atoms with Crippen molar-refractivity contribution in [3.63, 3.8) is 0 Å². The average molecular weight is 393 g/mol. The molecule has 2 aromatic heterocycles. The quantitative estimate of drug-likeness (QED) is 0.525. The molecule has 29 heavy (non-hydrogen) atoms. The lowest BCUT2D eigenvalue weighted by atomic mass is 10.2. The minimum atomic E-state index is 0.762. The maximum atomic E-state index is 5.35. The first-order valence-corrected chi connectivity index (χ1v) is 9.92. The molecule has 0 saturated carbocycles. The second kappa shape index (κ2) is 8.81. The van der Waals surface area contributed by atoms with Gasteiger partial charge in [-0.3, -0.25) is 9.39 Å². The fraction of sp³-hybridized carbons (Fsp3) is 0.381. The molecule has 0 radical (unpaired) electrons. The second-order valence-electron chi connectivity index (χ2n) is 6.94. The van der Waals surface area contributed by atoms with Crippen LogP contribution < -0.4 is 15.0 Å². The van der Waals surface area contributed by atoms with E-state index in [1.165, 1.54) is 5.69 Å². The van der Waals surface area contributed by atoms with E-state index in [1.807, 2.05) is 48.0 Å². The Morgan fingerprint density at radius 2 is 1.97 bits per heavy atom. The van der Waals surface area contributed by atoms with Crippen LogP contribution >= 0.6 is 0 Å². The van der Waals surface area contributed by atoms with E-state index in [0.29, 0.717) is 0 Å². The Kier molecular flexibility index (Phi) is 5.79. The van der Waals surface area contributed by atoms with Crippen LogP contribution in [0.1, 0.15) is 5.82 Å². The van der Waals surface area contributed by atoms with Crippen molar-refractivity contribution in [2.45, 2.75) is 6.42 Å². The average Bonchev–Trinajstić information content (AvgIpc) is 3.20. The third-order valence-electron chi connectivity index (χ3n) is 5.23. The molecule has 1 aliphatic heterocycles. The highest BCUT2D eigenvalue weighted by atomic mass is 16.5. The molecule has 1 saturated heterocycles. The van der Waals surface area contributed by atoms with Crippen molar-refractivity contribution in [3.05, 3.63) is 54.5 Å². The van der Waals surface area contributed by atoms with Gasteiger partial charge in [0, 0.05) is 64.1 Å². The standard InChI is InChI=1S/C21H27N7O/c1-22-21(23-10-9-20-25-24-19-8-3-4-11-28(19)20)27-14-12-26(13-15-27)17-6-5-7-18(16-17)29-2/h3-8,11,16H,9-10,12-15H2,1-2H3,(H,22,23). The van der Waals surface area contributed by atoms with E-state index in [9.17, 15) is 0 Å². The molecule has 8 heteroatoms. The summed E-state index contributed by atoms with van der Waals surface area (Å²) >= 11 is 0. The molecule has 3 aromatic rings. The van der Waals surface area contributed by atoms with Gasteiger partial charge in [-0.25, -0.2) is 0 Å². The summed E-state index contributed by atoms with van der Waals surface area (Å²) in [4.78, 5) is 9.16. The van der Waals surface area contributed by atoms with Crippen LogP contribution in [0.25, 0.3) is 5.65 Å². The van der Waals surface area contributed by atoms with Gasteiger partial charge >= 0.3 is 0 Å². The van der Waals surface area contributed by atoms with Gasteiger partial charge < -0.3 is 19.9 Å². The number of nitrogens with zero attached hydrogens (tertiary/aromatic N) is 6. The summed E-state index contributed by atoms with van der Waals surface area (Å²) < 4.78 is 7.37. The fourth-order valence-corrected chi connectivity index (χ4v) is 3.66. The number of ether oxygens (including phenoxy) is 1. The summed E-state index contributed by atoms with van der Waals surface area (Å²) in [5.41, 5.74) is 2.08. The van der Waals surface area contributed by atoms with Crippen LogP contribution in [0.3, 0.4) is 0 Å². The van der Waals surface area contributed by atoms with Crippen LogP contribution in [0, 0.1) is 0 Å². The first-order valence-electron chi connectivity index (χ1n) is 9.92. The Morgan fingerprint density at radius 3 is 2.76 bits per heavy atom. The number of guanidine groups is 1. The molecule has 1 fully saturated rings. The normalized spacial score (nSPS) is 15.0. The largest absolute Gasteiger partial charge is 0.497 e. The first kappa shape index (κ1) is 19.0. The van der Waals surface area contributed by atoms with Crippen molar-refractivity contribution in [1.82, 2.24) is 24.8 Å². The molecule has 4 rings (SSSR count). The predicted octanol–water partition coefficient (Wildman–Crippen LogP) is 1.68. The zero-order valence-electron chi connectivity index (χ0n) is 17.0. The van der Waals surface area contributed by atoms with Crippen molar-refractivity contribution in [3.8, 4) is 5.75 Å². The number of fused-ring (bicyclic) bond motifs is 1. The highest BCUT2D eigenvalue weighted by molar-refractivity contribution is 5.80. The van der Waals surface area contributed by atoms with Crippen molar-refractivity contribution in [2.75, 3.05) is 51.8 Å². The molecule has 3 heterocycles. The van der Waals surface area contributed by atoms with Gasteiger partial charge in [0.1, 0.15) is 11.6 Å². The molecule has 152 valence electrons. The number of rotatable bonds is 5. The van der Waals surface area contributed by atoms with E-state index in [0.717, 1.165) is 62.3 Å². The Bertz CT molecular complexity index is 976. The zero-order valence-corrected chi connectivity index (χ0v) is 17.0. The monoisotopic (exact) mass is 393 g/mol. The number of aliphatic imine (C=N–C) groups is 1. The third kappa shape index (κ3) is 4.26. The number of methoxy groups -OCH3 is 1. The Balaban J connectivity index is 1.30. The summed E-state index contributed by atoms with van der Waals surface area (Å²) in [5.74, 6) is 2.78. The maximum Gasteiger partial charge on any atom is 0.193 e. The highest BCUT2D eigenvalue weighted by Crippen LogP contribution is 2.22. The number of nitrogens with one attached hydrogen (secondary N) is 1. The highest BCUT2D eigenvalue weighted by Gasteiger charge is 2.20. The lowest BCUT2D eigenvalue weighted by Gasteiger charge is -2.37. The topological polar surface area (TPSA) is 70.3 Å². The van der Waals surface area contributed by atoms with Gasteiger partial charge in [-0.05, 0) is 24.3 Å². The van der Waals surface area contributed by atoms with E-state index in [4.69, 9.17) is 4.74 Å². The maximum absolute atomic E-state index is 5.35. The van der Waals surface area contributed by atoms with Crippen LogP contribution in [0.15, 0.2) is 53.7 Å². The van der Waals surface area contributed by atoms with Gasteiger partial charge in [-0.1, -0.05) is 12.1 Å². The van der Waals surface area contributed by atoms with Crippen molar-refractivity contribution in [2.24, 2.45) is 4.99 Å². The lowest BCUT2D eigenvalue weighted by molar-refractivity contribution is 0.372.